The second-order valence-corrected chi connectivity index (χ2v) is 6.81. The van der Waals surface area contributed by atoms with Crippen molar-refractivity contribution in [1.82, 2.24) is 14.8 Å². The van der Waals surface area contributed by atoms with Crippen LogP contribution in [0.15, 0.2) is 60.8 Å². The first-order valence-electron chi connectivity index (χ1n) is 8.96. The summed E-state index contributed by atoms with van der Waals surface area (Å²) in [4.78, 5) is 32.1. The Balaban J connectivity index is 1.75. The highest BCUT2D eigenvalue weighted by Crippen LogP contribution is 2.35. The molecule has 0 saturated heterocycles. The van der Waals surface area contributed by atoms with E-state index in [0.29, 0.717) is 33.5 Å². The highest BCUT2D eigenvalue weighted by molar-refractivity contribution is 6.37. The molecule has 136 valence electrons. The van der Waals surface area contributed by atoms with E-state index in [4.69, 9.17) is 0 Å². The van der Waals surface area contributed by atoms with Crippen molar-refractivity contribution in [3.8, 4) is 5.69 Å². The molecule has 0 unspecified atom stereocenters. The van der Waals surface area contributed by atoms with Crippen molar-refractivity contribution < 1.29 is 9.59 Å². The molecule has 0 aliphatic carbocycles. The molecule has 6 nitrogen and oxygen atoms in total. The van der Waals surface area contributed by atoms with E-state index >= 15 is 0 Å². The van der Waals surface area contributed by atoms with Gasteiger partial charge in [0, 0.05) is 6.20 Å². The van der Waals surface area contributed by atoms with Crippen molar-refractivity contribution >= 4 is 28.5 Å². The van der Waals surface area contributed by atoms with Crippen molar-refractivity contribution in [3.05, 3.63) is 83.2 Å². The van der Waals surface area contributed by atoms with Gasteiger partial charge >= 0.3 is 0 Å². The van der Waals surface area contributed by atoms with E-state index in [1.165, 1.54) is 11.1 Å². The summed E-state index contributed by atoms with van der Waals surface area (Å²) in [6, 6.07) is 17.0. The summed E-state index contributed by atoms with van der Waals surface area (Å²) < 4.78 is 1.71. The van der Waals surface area contributed by atoms with Gasteiger partial charge in [-0.1, -0.05) is 36.4 Å². The molecule has 4 aromatic rings. The number of carbonyl (C=O) groups excluding carboxylic acids is 2. The maximum atomic E-state index is 13.3. The minimum atomic E-state index is -0.351. The molecule has 28 heavy (non-hydrogen) atoms. The predicted octanol–water partition coefficient (Wildman–Crippen LogP) is 3.84. The second kappa shape index (κ2) is 5.85. The highest BCUT2D eigenvalue weighted by Gasteiger charge is 2.40. The smallest absolute Gasteiger partial charge is 0.267 e. The zero-order chi connectivity index (χ0) is 19.4. The van der Waals surface area contributed by atoms with Crippen LogP contribution in [0.1, 0.15) is 32.0 Å². The average Bonchev–Trinajstić information content (AvgIpc) is 3.18. The van der Waals surface area contributed by atoms with E-state index in [0.717, 1.165) is 11.3 Å². The SMILES string of the molecule is Cc1ccccc1N1C(=O)c2cnc3c(c(C)nn3-c3ccccc3)c2C1=O. The number of anilines is 1. The van der Waals surface area contributed by atoms with Crippen LogP contribution in [0.5, 0.6) is 0 Å². The lowest BCUT2D eigenvalue weighted by molar-refractivity contribution is 0.0926. The van der Waals surface area contributed by atoms with Crippen LogP contribution in [0.4, 0.5) is 5.69 Å². The standard InChI is InChI=1S/C22H16N4O2/c1-13-8-6-7-11-17(13)25-21(27)16-12-23-20-18(19(16)22(25)28)14(2)24-26(20)15-9-4-3-5-10-15/h3-12H,1-2H3. The Morgan fingerprint density at radius 1 is 0.857 bits per heavy atom. The van der Waals surface area contributed by atoms with Gasteiger partial charge in [0.1, 0.15) is 0 Å². The number of aryl methyl sites for hydroxylation is 2. The molecule has 2 aromatic carbocycles. The molecular weight excluding hydrogens is 352 g/mol. The first kappa shape index (κ1) is 16.4. The average molecular weight is 368 g/mol. The summed E-state index contributed by atoms with van der Waals surface area (Å²) in [5.74, 6) is -0.687. The zero-order valence-corrected chi connectivity index (χ0v) is 15.4. The number of hydrogen-bond acceptors (Lipinski definition) is 4. The third-order valence-corrected chi connectivity index (χ3v) is 5.08. The van der Waals surface area contributed by atoms with Crippen LogP contribution >= 0.6 is 0 Å². The molecule has 0 spiro atoms. The van der Waals surface area contributed by atoms with E-state index in [9.17, 15) is 9.59 Å². The van der Waals surface area contributed by atoms with Gasteiger partial charge in [-0.05, 0) is 37.6 Å². The summed E-state index contributed by atoms with van der Waals surface area (Å²) in [6.45, 7) is 3.71. The zero-order valence-electron chi connectivity index (χ0n) is 15.4. The molecule has 0 fully saturated rings. The summed E-state index contributed by atoms with van der Waals surface area (Å²) in [5, 5.41) is 5.21. The molecule has 0 radical (unpaired) electrons. The van der Waals surface area contributed by atoms with Crippen LogP contribution in [0.25, 0.3) is 16.7 Å². The fourth-order valence-electron chi connectivity index (χ4n) is 3.74. The van der Waals surface area contributed by atoms with Gasteiger partial charge in [0.15, 0.2) is 5.65 Å². The highest BCUT2D eigenvalue weighted by atomic mass is 16.2. The number of amides is 2. The predicted molar refractivity (Wildman–Crippen MR) is 106 cm³/mol. The van der Waals surface area contributed by atoms with Gasteiger partial charge in [-0.3, -0.25) is 9.59 Å². The van der Waals surface area contributed by atoms with Gasteiger partial charge in [0.2, 0.25) is 0 Å². The number of nitrogens with zero attached hydrogens (tertiary/aromatic N) is 4. The number of hydrogen-bond donors (Lipinski definition) is 0. The number of imide groups is 1. The molecule has 1 aliphatic rings. The van der Waals surface area contributed by atoms with Gasteiger partial charge in [0.05, 0.1) is 33.6 Å². The number of para-hydroxylation sites is 2. The Morgan fingerprint density at radius 3 is 2.32 bits per heavy atom. The number of benzene rings is 2. The Labute approximate surface area is 161 Å². The normalized spacial score (nSPS) is 13.4. The summed E-state index contributed by atoms with van der Waals surface area (Å²) in [7, 11) is 0. The molecule has 0 saturated carbocycles. The second-order valence-electron chi connectivity index (χ2n) is 6.81. The van der Waals surface area contributed by atoms with Crippen LogP contribution in [-0.2, 0) is 0 Å². The molecule has 2 aromatic heterocycles. The van der Waals surface area contributed by atoms with Crippen molar-refractivity contribution in [2.45, 2.75) is 13.8 Å². The van der Waals surface area contributed by atoms with E-state index in [-0.39, 0.29) is 11.8 Å². The van der Waals surface area contributed by atoms with Gasteiger partial charge in [-0.2, -0.15) is 5.10 Å². The fourth-order valence-corrected chi connectivity index (χ4v) is 3.74. The Bertz CT molecular complexity index is 1270. The lowest BCUT2D eigenvalue weighted by atomic mass is 10.1. The maximum Gasteiger partial charge on any atom is 0.267 e. The van der Waals surface area contributed by atoms with Crippen LogP contribution in [0.3, 0.4) is 0 Å². The topological polar surface area (TPSA) is 68.1 Å². The first-order chi connectivity index (χ1) is 13.6. The molecule has 3 heterocycles. The third kappa shape index (κ3) is 2.15. The monoisotopic (exact) mass is 368 g/mol. The summed E-state index contributed by atoms with van der Waals surface area (Å²) in [6.07, 6.45) is 1.48. The fraction of sp³-hybridized carbons (Fsp3) is 0.0909. The molecule has 1 aliphatic heterocycles. The minimum absolute atomic E-state index is 0.316. The Morgan fingerprint density at radius 2 is 1.57 bits per heavy atom. The molecule has 2 amide bonds. The number of aromatic nitrogens is 3. The molecule has 0 N–H and O–H groups in total. The van der Waals surface area contributed by atoms with Gasteiger partial charge in [-0.25, -0.2) is 14.6 Å². The molecule has 5 rings (SSSR count). The van der Waals surface area contributed by atoms with Crippen molar-refractivity contribution in [3.63, 3.8) is 0 Å². The number of rotatable bonds is 2. The minimum Gasteiger partial charge on any atom is -0.268 e. The molecule has 0 atom stereocenters. The maximum absolute atomic E-state index is 13.3. The summed E-state index contributed by atoms with van der Waals surface area (Å²) >= 11 is 0. The Kier molecular flexibility index (Phi) is 3.42. The van der Waals surface area contributed by atoms with Crippen LogP contribution in [0, 0.1) is 13.8 Å². The quantitative estimate of drug-likeness (QED) is 0.504. The van der Waals surface area contributed by atoms with Crippen molar-refractivity contribution in [2.24, 2.45) is 0 Å². The largest absolute Gasteiger partial charge is 0.268 e. The molecule has 0 bridgehead atoms. The van der Waals surface area contributed by atoms with Crippen molar-refractivity contribution in [1.29, 1.82) is 0 Å². The Hall–Kier alpha value is -3.80. The van der Waals surface area contributed by atoms with Crippen LogP contribution in [0.2, 0.25) is 0 Å². The van der Waals surface area contributed by atoms with Crippen LogP contribution < -0.4 is 4.90 Å². The summed E-state index contributed by atoms with van der Waals surface area (Å²) in [5.41, 5.74) is 4.22. The third-order valence-electron chi connectivity index (χ3n) is 5.08. The molecule has 6 heteroatoms. The van der Waals surface area contributed by atoms with Crippen LogP contribution in [-0.4, -0.2) is 26.6 Å². The molecular formula is C22H16N4O2. The number of pyridine rings is 1. The van der Waals surface area contributed by atoms with E-state index in [2.05, 4.69) is 10.1 Å². The lowest BCUT2D eigenvalue weighted by Gasteiger charge is -2.16. The van der Waals surface area contributed by atoms with Gasteiger partial charge < -0.3 is 0 Å². The van der Waals surface area contributed by atoms with E-state index in [1.807, 2.05) is 62.4 Å². The number of fused-ring (bicyclic) bond motifs is 3. The van der Waals surface area contributed by atoms with E-state index < -0.39 is 0 Å². The van der Waals surface area contributed by atoms with Gasteiger partial charge in [0.25, 0.3) is 11.8 Å². The van der Waals surface area contributed by atoms with Gasteiger partial charge in [-0.15, -0.1) is 0 Å². The number of carbonyl (C=O) groups is 2. The van der Waals surface area contributed by atoms with E-state index in [1.54, 1.807) is 10.7 Å². The first-order valence-corrected chi connectivity index (χ1v) is 8.96. The van der Waals surface area contributed by atoms with Crippen molar-refractivity contribution in [2.75, 3.05) is 4.90 Å². The lowest BCUT2D eigenvalue weighted by Crippen LogP contribution is -2.30.